The summed E-state index contributed by atoms with van der Waals surface area (Å²) in [5.74, 6) is -0.325. The molecule has 2 aromatic carbocycles. The van der Waals surface area contributed by atoms with Crippen LogP contribution in [0.3, 0.4) is 0 Å². The molecule has 2 aromatic rings. The van der Waals surface area contributed by atoms with Crippen molar-refractivity contribution >= 4 is 21.7 Å². The van der Waals surface area contributed by atoms with Gasteiger partial charge in [0, 0.05) is 5.69 Å². The van der Waals surface area contributed by atoms with Gasteiger partial charge < -0.3 is 9.84 Å². The summed E-state index contributed by atoms with van der Waals surface area (Å²) in [5, 5.41) is 8.83. The third kappa shape index (κ3) is 4.05. The number of nitrogens with one attached hydrogen (secondary N) is 1. The molecule has 0 unspecified atom stereocenters. The molecule has 0 bridgehead atoms. The van der Waals surface area contributed by atoms with Gasteiger partial charge in [0.15, 0.2) is 0 Å². The van der Waals surface area contributed by atoms with E-state index in [0.29, 0.717) is 17.0 Å². The quantitative estimate of drug-likeness (QED) is 0.836. The number of anilines is 1. The first-order valence-corrected chi connectivity index (χ1v) is 8.70. The summed E-state index contributed by atoms with van der Waals surface area (Å²) < 4.78 is 32.9. The van der Waals surface area contributed by atoms with E-state index in [4.69, 9.17) is 9.84 Å². The fourth-order valence-corrected chi connectivity index (χ4v) is 3.74. The molecule has 6 nitrogen and oxygen atoms in total. The Labute approximate surface area is 141 Å². The van der Waals surface area contributed by atoms with Crippen LogP contribution in [0, 0.1) is 13.8 Å². The van der Waals surface area contributed by atoms with Gasteiger partial charge in [-0.05, 0) is 54.8 Å². The van der Waals surface area contributed by atoms with Crippen molar-refractivity contribution in [3.8, 4) is 5.75 Å². The summed E-state index contributed by atoms with van der Waals surface area (Å²) in [7, 11) is -2.24. The van der Waals surface area contributed by atoms with Crippen molar-refractivity contribution in [2.75, 3.05) is 11.8 Å². The summed E-state index contributed by atoms with van der Waals surface area (Å²) >= 11 is 0. The highest BCUT2D eigenvalue weighted by Gasteiger charge is 2.17. The maximum absolute atomic E-state index is 12.6. The second-order valence-corrected chi connectivity index (χ2v) is 7.15. The van der Waals surface area contributed by atoms with Crippen LogP contribution in [0.1, 0.15) is 16.7 Å². The maximum atomic E-state index is 12.6. The number of aryl methyl sites for hydroxylation is 2. The van der Waals surface area contributed by atoms with E-state index in [-0.39, 0.29) is 11.3 Å². The standard InChI is InChI=1S/C17H19NO5S/c1-11-7-15(8-12(2)17(11)23-3)24(21,22)18-14-6-4-5-13(9-14)10-16(19)20/h4-9,18H,10H2,1-3H3,(H,19,20). The van der Waals surface area contributed by atoms with Crippen LogP contribution >= 0.6 is 0 Å². The lowest BCUT2D eigenvalue weighted by molar-refractivity contribution is -0.136. The lowest BCUT2D eigenvalue weighted by Gasteiger charge is -2.13. The molecule has 0 radical (unpaired) electrons. The number of sulfonamides is 1. The molecule has 0 saturated heterocycles. The number of carbonyl (C=O) groups is 1. The molecular formula is C17H19NO5S. The van der Waals surface area contributed by atoms with Gasteiger partial charge in [-0.1, -0.05) is 12.1 Å². The van der Waals surface area contributed by atoms with Gasteiger partial charge in [-0.25, -0.2) is 8.42 Å². The van der Waals surface area contributed by atoms with E-state index in [9.17, 15) is 13.2 Å². The van der Waals surface area contributed by atoms with Crippen LogP contribution in [0.4, 0.5) is 5.69 Å². The SMILES string of the molecule is COc1c(C)cc(S(=O)(=O)Nc2cccc(CC(=O)O)c2)cc1C. The molecule has 0 atom stereocenters. The number of rotatable bonds is 6. The predicted molar refractivity (Wildman–Crippen MR) is 91.1 cm³/mol. The minimum Gasteiger partial charge on any atom is -0.496 e. The Morgan fingerprint density at radius 2 is 1.79 bits per heavy atom. The highest BCUT2D eigenvalue weighted by Crippen LogP contribution is 2.27. The van der Waals surface area contributed by atoms with Crippen molar-refractivity contribution in [3.05, 3.63) is 53.1 Å². The number of hydrogen-bond acceptors (Lipinski definition) is 4. The summed E-state index contributed by atoms with van der Waals surface area (Å²) in [6.07, 6.45) is -0.170. The number of ether oxygens (including phenoxy) is 1. The predicted octanol–water partition coefficient (Wildman–Crippen LogP) is 2.74. The number of hydrogen-bond donors (Lipinski definition) is 2. The first-order valence-electron chi connectivity index (χ1n) is 7.21. The third-order valence-electron chi connectivity index (χ3n) is 3.48. The molecule has 0 spiro atoms. The zero-order valence-electron chi connectivity index (χ0n) is 13.7. The van der Waals surface area contributed by atoms with Crippen molar-refractivity contribution in [3.63, 3.8) is 0 Å². The van der Waals surface area contributed by atoms with Crippen LogP contribution in [0.25, 0.3) is 0 Å². The van der Waals surface area contributed by atoms with Crippen molar-refractivity contribution in [2.45, 2.75) is 25.2 Å². The van der Waals surface area contributed by atoms with E-state index in [1.54, 1.807) is 32.0 Å². The number of carboxylic acids is 1. The summed E-state index contributed by atoms with van der Waals surface area (Å²) in [4.78, 5) is 10.9. The van der Waals surface area contributed by atoms with E-state index in [1.807, 2.05) is 0 Å². The van der Waals surface area contributed by atoms with Crippen molar-refractivity contribution in [2.24, 2.45) is 0 Å². The minimum absolute atomic E-state index is 0.127. The van der Waals surface area contributed by atoms with E-state index < -0.39 is 16.0 Å². The molecular weight excluding hydrogens is 330 g/mol. The van der Waals surface area contributed by atoms with Gasteiger partial charge >= 0.3 is 5.97 Å². The van der Waals surface area contributed by atoms with E-state index in [0.717, 1.165) is 11.1 Å². The topological polar surface area (TPSA) is 92.7 Å². The van der Waals surface area contributed by atoms with Crippen molar-refractivity contribution in [1.82, 2.24) is 0 Å². The van der Waals surface area contributed by atoms with Crippen LogP contribution in [-0.2, 0) is 21.2 Å². The average Bonchev–Trinajstić information content (AvgIpc) is 2.46. The lowest BCUT2D eigenvalue weighted by atomic mass is 10.1. The number of benzene rings is 2. The molecule has 0 fully saturated rings. The molecule has 0 aliphatic heterocycles. The molecule has 0 aromatic heterocycles. The largest absolute Gasteiger partial charge is 0.496 e. The van der Waals surface area contributed by atoms with E-state index >= 15 is 0 Å². The van der Waals surface area contributed by atoms with Crippen LogP contribution in [0.5, 0.6) is 5.75 Å². The smallest absolute Gasteiger partial charge is 0.307 e. The fraction of sp³-hybridized carbons (Fsp3) is 0.235. The van der Waals surface area contributed by atoms with Crippen LogP contribution in [0.2, 0.25) is 0 Å². The second-order valence-electron chi connectivity index (χ2n) is 5.47. The van der Waals surface area contributed by atoms with Crippen LogP contribution < -0.4 is 9.46 Å². The molecule has 0 amide bonds. The third-order valence-corrected chi connectivity index (χ3v) is 4.84. The molecule has 128 valence electrons. The Kier molecular flexibility index (Phi) is 5.14. The van der Waals surface area contributed by atoms with Gasteiger partial charge in [0.2, 0.25) is 0 Å². The molecule has 2 N–H and O–H groups in total. The van der Waals surface area contributed by atoms with Crippen molar-refractivity contribution < 1.29 is 23.1 Å². The first kappa shape index (κ1) is 17.8. The number of carboxylic acid groups (broad SMARTS) is 1. The molecule has 0 aliphatic carbocycles. The van der Waals surface area contributed by atoms with Gasteiger partial charge in [-0.2, -0.15) is 0 Å². The monoisotopic (exact) mass is 349 g/mol. The Morgan fingerprint density at radius 1 is 1.17 bits per heavy atom. The zero-order valence-corrected chi connectivity index (χ0v) is 14.5. The Bertz CT molecular complexity index is 851. The zero-order chi connectivity index (χ0) is 17.9. The Hall–Kier alpha value is -2.54. The molecule has 24 heavy (non-hydrogen) atoms. The second kappa shape index (κ2) is 6.92. The summed E-state index contributed by atoms with van der Waals surface area (Å²) in [6.45, 7) is 3.55. The first-order chi connectivity index (χ1) is 11.2. The van der Waals surface area contributed by atoms with Gasteiger partial charge in [-0.3, -0.25) is 9.52 Å². The molecule has 0 aliphatic rings. The number of methoxy groups -OCH3 is 1. The fourth-order valence-electron chi connectivity index (χ4n) is 2.52. The maximum Gasteiger partial charge on any atom is 0.307 e. The molecule has 7 heteroatoms. The molecule has 0 heterocycles. The Balaban J connectivity index is 2.34. The van der Waals surface area contributed by atoms with Gasteiger partial charge in [0.05, 0.1) is 18.4 Å². The van der Waals surface area contributed by atoms with Crippen molar-refractivity contribution in [1.29, 1.82) is 0 Å². The summed E-state index contributed by atoms with van der Waals surface area (Å²) in [6, 6.07) is 9.40. The van der Waals surface area contributed by atoms with Crippen LogP contribution in [-0.4, -0.2) is 26.6 Å². The van der Waals surface area contributed by atoms with Gasteiger partial charge in [0.25, 0.3) is 10.0 Å². The summed E-state index contributed by atoms with van der Waals surface area (Å²) in [5.41, 5.74) is 2.28. The Morgan fingerprint density at radius 3 is 2.33 bits per heavy atom. The highest BCUT2D eigenvalue weighted by molar-refractivity contribution is 7.92. The average molecular weight is 349 g/mol. The van der Waals surface area contributed by atoms with Crippen LogP contribution in [0.15, 0.2) is 41.3 Å². The highest BCUT2D eigenvalue weighted by atomic mass is 32.2. The van der Waals surface area contributed by atoms with Gasteiger partial charge in [-0.15, -0.1) is 0 Å². The molecule has 0 saturated carbocycles. The number of aliphatic carboxylic acids is 1. The normalized spacial score (nSPS) is 11.1. The molecule has 2 rings (SSSR count). The van der Waals surface area contributed by atoms with E-state index in [1.165, 1.54) is 25.3 Å². The lowest BCUT2D eigenvalue weighted by Crippen LogP contribution is -2.14. The minimum atomic E-state index is -3.78. The van der Waals surface area contributed by atoms with E-state index in [2.05, 4.69) is 4.72 Å². The van der Waals surface area contributed by atoms with Gasteiger partial charge in [0.1, 0.15) is 5.75 Å².